The lowest BCUT2D eigenvalue weighted by Gasteiger charge is -2.19. The molecule has 0 heterocycles. The number of carbonyl (C=O) groups is 1. The monoisotopic (exact) mass is 233 g/mol. The lowest BCUT2D eigenvalue weighted by molar-refractivity contribution is -0.118. The molecule has 1 N–H and O–H groups in total. The van der Waals surface area contributed by atoms with Crippen LogP contribution >= 0.6 is 0 Å². The third-order valence-electron chi connectivity index (χ3n) is 2.58. The molecule has 0 aliphatic heterocycles. The Morgan fingerprint density at radius 1 is 1.18 bits per heavy atom. The molecule has 0 fully saturated rings. The number of hydrogen-bond donors (Lipinski definition) is 1. The van der Waals surface area contributed by atoms with Gasteiger partial charge in [0.05, 0.1) is 6.54 Å². The molecule has 17 heavy (non-hydrogen) atoms. The Bertz CT molecular complexity index is 338. The van der Waals surface area contributed by atoms with E-state index in [1.165, 1.54) is 5.56 Å². The second-order valence-electron chi connectivity index (χ2n) is 5.48. The highest BCUT2D eigenvalue weighted by Gasteiger charge is 2.10. The van der Waals surface area contributed by atoms with Gasteiger partial charge in [-0.05, 0) is 39.2 Å². The summed E-state index contributed by atoms with van der Waals surface area (Å²) in [6.07, 6.45) is 2.59. The van der Waals surface area contributed by atoms with Crippen LogP contribution in [0, 0.1) is 0 Å². The van der Waals surface area contributed by atoms with Gasteiger partial charge in [0, 0.05) is 12.0 Å². The summed E-state index contributed by atoms with van der Waals surface area (Å²) in [6, 6.07) is 10.3. The Morgan fingerprint density at radius 3 is 2.41 bits per heavy atom. The quantitative estimate of drug-likeness (QED) is 0.818. The summed E-state index contributed by atoms with van der Waals surface area (Å²) in [5, 5.41) is 3.22. The van der Waals surface area contributed by atoms with Crippen LogP contribution in [-0.2, 0) is 11.2 Å². The number of aryl methyl sites for hydroxylation is 1. The highest BCUT2D eigenvalue weighted by atomic mass is 16.1. The van der Waals surface area contributed by atoms with E-state index in [0.717, 1.165) is 12.8 Å². The van der Waals surface area contributed by atoms with Gasteiger partial charge in [-0.15, -0.1) is 0 Å². The number of rotatable bonds is 6. The molecule has 94 valence electrons. The maximum atomic E-state index is 11.6. The van der Waals surface area contributed by atoms with Crippen molar-refractivity contribution in [2.24, 2.45) is 0 Å². The maximum Gasteiger partial charge on any atom is 0.146 e. The highest BCUT2D eigenvalue weighted by molar-refractivity contribution is 5.80. The Morgan fingerprint density at radius 2 is 1.82 bits per heavy atom. The van der Waals surface area contributed by atoms with Gasteiger partial charge in [0.25, 0.3) is 0 Å². The molecule has 1 rings (SSSR count). The van der Waals surface area contributed by atoms with E-state index in [9.17, 15) is 4.79 Å². The minimum atomic E-state index is 0.0229. The Labute approximate surface area is 104 Å². The average Bonchev–Trinajstić information content (AvgIpc) is 2.27. The Balaban J connectivity index is 2.17. The van der Waals surface area contributed by atoms with E-state index in [4.69, 9.17) is 0 Å². The molecule has 1 aromatic rings. The van der Waals surface area contributed by atoms with Gasteiger partial charge in [-0.25, -0.2) is 0 Å². The molecule has 0 aromatic heterocycles. The third-order valence-corrected chi connectivity index (χ3v) is 2.58. The standard InChI is InChI=1S/C15H23NO/c1-15(2,3)16-12-14(17)11-7-10-13-8-5-4-6-9-13/h4-6,8-9,16H,7,10-12H2,1-3H3. The van der Waals surface area contributed by atoms with Gasteiger partial charge >= 0.3 is 0 Å². The molecule has 2 nitrogen and oxygen atoms in total. The Kier molecular flexibility index (Phi) is 5.36. The van der Waals surface area contributed by atoms with Crippen molar-refractivity contribution in [1.29, 1.82) is 0 Å². The average molecular weight is 233 g/mol. The van der Waals surface area contributed by atoms with Gasteiger partial charge in [0.1, 0.15) is 5.78 Å². The van der Waals surface area contributed by atoms with Crippen molar-refractivity contribution in [2.45, 2.75) is 45.6 Å². The van der Waals surface area contributed by atoms with Gasteiger partial charge < -0.3 is 5.32 Å². The second-order valence-corrected chi connectivity index (χ2v) is 5.48. The zero-order valence-electron chi connectivity index (χ0n) is 11.1. The molecule has 0 atom stereocenters. The molecular weight excluding hydrogens is 210 g/mol. The molecule has 2 heteroatoms. The first-order chi connectivity index (χ1) is 7.97. The third kappa shape index (κ3) is 6.90. The molecule has 0 saturated heterocycles. The fourth-order valence-electron chi connectivity index (χ4n) is 1.59. The summed E-state index contributed by atoms with van der Waals surface area (Å²) in [5.74, 6) is 0.302. The molecule has 0 radical (unpaired) electrons. The summed E-state index contributed by atoms with van der Waals surface area (Å²) in [6.45, 7) is 6.71. The van der Waals surface area contributed by atoms with E-state index >= 15 is 0 Å². The van der Waals surface area contributed by atoms with Crippen LogP contribution in [-0.4, -0.2) is 17.9 Å². The molecule has 0 amide bonds. The van der Waals surface area contributed by atoms with Crippen LogP contribution in [0.3, 0.4) is 0 Å². The van der Waals surface area contributed by atoms with Gasteiger partial charge in [-0.1, -0.05) is 30.3 Å². The fraction of sp³-hybridized carbons (Fsp3) is 0.533. The minimum Gasteiger partial charge on any atom is -0.305 e. The summed E-state index contributed by atoms with van der Waals surface area (Å²) in [4.78, 5) is 11.6. The maximum absolute atomic E-state index is 11.6. The van der Waals surface area contributed by atoms with E-state index in [2.05, 4.69) is 38.2 Å². The van der Waals surface area contributed by atoms with E-state index in [-0.39, 0.29) is 5.54 Å². The predicted molar refractivity (Wildman–Crippen MR) is 72.1 cm³/mol. The van der Waals surface area contributed by atoms with E-state index < -0.39 is 0 Å². The molecule has 1 aromatic carbocycles. The topological polar surface area (TPSA) is 29.1 Å². The smallest absolute Gasteiger partial charge is 0.146 e. The second kappa shape index (κ2) is 6.55. The minimum absolute atomic E-state index is 0.0229. The van der Waals surface area contributed by atoms with Crippen molar-refractivity contribution < 1.29 is 4.79 Å². The SMILES string of the molecule is CC(C)(C)NCC(=O)CCCc1ccccc1. The highest BCUT2D eigenvalue weighted by Crippen LogP contribution is 2.05. The van der Waals surface area contributed by atoms with Crippen LogP contribution in [0.4, 0.5) is 0 Å². The number of ketones is 1. The summed E-state index contributed by atoms with van der Waals surface area (Å²) >= 11 is 0. The van der Waals surface area contributed by atoms with Crippen molar-refractivity contribution in [3.05, 3.63) is 35.9 Å². The first kappa shape index (κ1) is 13.9. The van der Waals surface area contributed by atoms with Gasteiger partial charge in [0.2, 0.25) is 0 Å². The molecule has 0 spiro atoms. The van der Waals surface area contributed by atoms with Crippen molar-refractivity contribution in [1.82, 2.24) is 5.32 Å². The molecular formula is C15H23NO. The van der Waals surface area contributed by atoms with Crippen molar-refractivity contribution in [3.8, 4) is 0 Å². The first-order valence-corrected chi connectivity index (χ1v) is 6.28. The number of Topliss-reactive ketones (excluding diaryl/α,β-unsaturated/α-hetero) is 1. The van der Waals surface area contributed by atoms with Crippen LogP contribution in [0.5, 0.6) is 0 Å². The lowest BCUT2D eigenvalue weighted by Crippen LogP contribution is -2.39. The first-order valence-electron chi connectivity index (χ1n) is 6.28. The summed E-state index contributed by atoms with van der Waals surface area (Å²) in [7, 11) is 0. The lowest BCUT2D eigenvalue weighted by atomic mass is 10.1. The van der Waals surface area contributed by atoms with Crippen LogP contribution in [0.1, 0.15) is 39.2 Å². The molecule has 0 aliphatic carbocycles. The van der Waals surface area contributed by atoms with E-state index in [0.29, 0.717) is 18.7 Å². The molecule has 0 saturated carbocycles. The van der Waals surface area contributed by atoms with E-state index in [1.807, 2.05) is 18.2 Å². The van der Waals surface area contributed by atoms with E-state index in [1.54, 1.807) is 0 Å². The van der Waals surface area contributed by atoms with Gasteiger partial charge in [-0.3, -0.25) is 4.79 Å². The van der Waals surface area contributed by atoms with Crippen molar-refractivity contribution in [2.75, 3.05) is 6.54 Å². The van der Waals surface area contributed by atoms with Crippen LogP contribution in [0.25, 0.3) is 0 Å². The number of nitrogens with one attached hydrogen (secondary N) is 1. The molecule has 0 unspecified atom stereocenters. The van der Waals surface area contributed by atoms with Crippen LogP contribution < -0.4 is 5.32 Å². The molecule has 0 bridgehead atoms. The zero-order chi connectivity index (χ0) is 12.7. The van der Waals surface area contributed by atoms with Crippen LogP contribution in [0.15, 0.2) is 30.3 Å². The van der Waals surface area contributed by atoms with Gasteiger partial charge in [0.15, 0.2) is 0 Å². The van der Waals surface area contributed by atoms with Crippen LogP contribution in [0.2, 0.25) is 0 Å². The largest absolute Gasteiger partial charge is 0.305 e. The Hall–Kier alpha value is -1.15. The normalized spacial score (nSPS) is 11.5. The number of carbonyl (C=O) groups excluding carboxylic acids is 1. The number of hydrogen-bond acceptors (Lipinski definition) is 2. The fourth-order valence-corrected chi connectivity index (χ4v) is 1.59. The van der Waals surface area contributed by atoms with Gasteiger partial charge in [-0.2, -0.15) is 0 Å². The predicted octanol–water partition coefficient (Wildman–Crippen LogP) is 2.97. The summed E-state index contributed by atoms with van der Waals surface area (Å²) < 4.78 is 0. The number of benzene rings is 1. The van der Waals surface area contributed by atoms with Crippen molar-refractivity contribution >= 4 is 5.78 Å². The molecule has 0 aliphatic rings. The van der Waals surface area contributed by atoms with Crippen molar-refractivity contribution in [3.63, 3.8) is 0 Å². The zero-order valence-corrected chi connectivity index (χ0v) is 11.1. The summed E-state index contributed by atoms with van der Waals surface area (Å²) in [5.41, 5.74) is 1.33.